The molecule has 2 unspecified atom stereocenters. The number of hydrogen-bond donors (Lipinski definition) is 0. The summed E-state index contributed by atoms with van der Waals surface area (Å²) in [5.74, 6) is 0. The second-order valence-electron chi connectivity index (χ2n) is 6.08. The maximum atomic E-state index is 2.38. The van der Waals surface area contributed by atoms with Crippen molar-refractivity contribution in [3.63, 3.8) is 0 Å². The molecule has 2 atom stereocenters. The minimum absolute atomic E-state index is 0. The van der Waals surface area contributed by atoms with Crippen LogP contribution < -0.4 is 0 Å². The minimum Gasteiger partial charge on any atom is -0.107 e. The van der Waals surface area contributed by atoms with Crippen LogP contribution in [-0.4, -0.2) is 0 Å². The Morgan fingerprint density at radius 3 is 1.22 bits per heavy atom. The van der Waals surface area contributed by atoms with E-state index in [-0.39, 0.29) is 58.8 Å². The molecule has 0 nitrogen and oxygen atoms in total. The Labute approximate surface area is 175 Å². The van der Waals surface area contributed by atoms with Crippen molar-refractivity contribution < 1.29 is 0 Å². The van der Waals surface area contributed by atoms with Crippen LogP contribution >= 0.6 is 48.0 Å². The Hall–Kier alpha value is -0.360. The second kappa shape index (κ2) is 9.82. The number of halogens is 2. The summed E-state index contributed by atoms with van der Waals surface area (Å²) < 4.78 is 0. The van der Waals surface area contributed by atoms with E-state index in [0.717, 1.165) is 6.42 Å². The zero-order chi connectivity index (χ0) is 15.3. The Kier molecular flexibility index (Phi) is 9.67. The lowest BCUT2D eigenvalue weighted by Crippen LogP contribution is -2.25. The van der Waals surface area contributed by atoms with Gasteiger partial charge in [0.15, 0.2) is 0 Å². The van der Waals surface area contributed by atoms with Crippen molar-refractivity contribution in [2.45, 2.75) is 44.9 Å². The molecule has 0 aliphatic heterocycles. The van der Waals surface area contributed by atoms with Gasteiger partial charge in [-0.3, -0.25) is 0 Å². The first-order chi connectivity index (χ1) is 10.1. The normalized spacial score (nSPS) is 24.7. The molecule has 0 fully saturated rings. The lowest BCUT2D eigenvalue weighted by atomic mass is 9.73. The van der Waals surface area contributed by atoms with E-state index >= 15 is 0 Å². The molecule has 2 aromatic carbocycles. The molecule has 0 saturated carbocycles. The standard InChI is InChI=1S/C19H20.C2H6.2HI/c1-18(16-9-5-3-6-10-16)13-14-19(2,15-18)17-11-7-4-8-12-17;1-2;;/h3-14H,15H2,1-2H3;1-2H3;2*1H. The molecule has 1 aliphatic carbocycles. The van der Waals surface area contributed by atoms with Crippen molar-refractivity contribution in [2.24, 2.45) is 0 Å². The van der Waals surface area contributed by atoms with Crippen molar-refractivity contribution in [2.75, 3.05) is 0 Å². The van der Waals surface area contributed by atoms with E-state index in [2.05, 4.69) is 86.7 Å². The van der Waals surface area contributed by atoms with Gasteiger partial charge in [-0.25, -0.2) is 0 Å². The first-order valence-electron chi connectivity index (χ1n) is 7.94. The SMILES string of the molecule is CC.CC1(c2ccccc2)C=CC(C)(c2ccccc2)C1.I.I. The van der Waals surface area contributed by atoms with Crippen LogP contribution in [0.2, 0.25) is 0 Å². The second-order valence-corrected chi connectivity index (χ2v) is 6.08. The third kappa shape index (κ3) is 5.05. The van der Waals surface area contributed by atoms with Crippen LogP contribution in [0.15, 0.2) is 72.8 Å². The summed E-state index contributed by atoms with van der Waals surface area (Å²) in [6, 6.07) is 21.6. The van der Waals surface area contributed by atoms with Crippen LogP contribution in [0.3, 0.4) is 0 Å². The lowest BCUT2D eigenvalue weighted by molar-refractivity contribution is 0.455. The molecule has 0 N–H and O–H groups in total. The van der Waals surface area contributed by atoms with Gasteiger partial charge in [-0.1, -0.05) is 101 Å². The van der Waals surface area contributed by atoms with Crippen LogP contribution in [0.4, 0.5) is 0 Å². The van der Waals surface area contributed by atoms with Crippen molar-refractivity contribution in [3.8, 4) is 0 Å². The van der Waals surface area contributed by atoms with Crippen LogP contribution in [-0.2, 0) is 10.8 Å². The fourth-order valence-electron chi connectivity index (χ4n) is 3.28. The summed E-state index contributed by atoms with van der Waals surface area (Å²) in [5, 5.41) is 0. The average molecular weight is 534 g/mol. The summed E-state index contributed by atoms with van der Waals surface area (Å²) in [5.41, 5.74) is 3.11. The molecule has 0 heterocycles. The van der Waals surface area contributed by atoms with Crippen molar-refractivity contribution in [1.29, 1.82) is 0 Å². The molecule has 3 rings (SSSR count). The molecule has 0 bridgehead atoms. The van der Waals surface area contributed by atoms with Gasteiger partial charge in [-0.2, -0.15) is 0 Å². The predicted molar refractivity (Wildman–Crippen MR) is 124 cm³/mol. The Morgan fingerprint density at radius 2 is 0.913 bits per heavy atom. The lowest BCUT2D eigenvalue weighted by Gasteiger charge is -2.30. The molecule has 2 aromatic rings. The van der Waals surface area contributed by atoms with E-state index in [4.69, 9.17) is 0 Å². The predicted octanol–water partition coefficient (Wildman–Crippen LogP) is 7.12. The molecular weight excluding hydrogens is 506 g/mol. The molecule has 2 heteroatoms. The molecule has 0 radical (unpaired) electrons. The van der Waals surface area contributed by atoms with Gasteiger partial charge in [0.25, 0.3) is 0 Å². The first-order valence-corrected chi connectivity index (χ1v) is 7.94. The number of hydrogen-bond acceptors (Lipinski definition) is 0. The van der Waals surface area contributed by atoms with E-state index in [1.807, 2.05) is 13.8 Å². The third-order valence-corrected chi connectivity index (χ3v) is 4.42. The summed E-state index contributed by atoms with van der Waals surface area (Å²) in [4.78, 5) is 0. The van der Waals surface area contributed by atoms with Gasteiger partial charge in [0.1, 0.15) is 0 Å². The highest BCUT2D eigenvalue weighted by molar-refractivity contribution is 14.0. The third-order valence-electron chi connectivity index (χ3n) is 4.42. The fourth-order valence-corrected chi connectivity index (χ4v) is 3.28. The first kappa shape index (κ1) is 22.6. The maximum absolute atomic E-state index is 2.38. The molecule has 1 aliphatic rings. The van der Waals surface area contributed by atoms with Gasteiger partial charge in [0.2, 0.25) is 0 Å². The average Bonchev–Trinajstić information content (AvgIpc) is 2.89. The van der Waals surface area contributed by atoms with Crippen molar-refractivity contribution in [3.05, 3.63) is 83.9 Å². The highest BCUT2D eigenvalue weighted by atomic mass is 127. The zero-order valence-corrected chi connectivity index (χ0v) is 19.1. The number of rotatable bonds is 2. The van der Waals surface area contributed by atoms with E-state index in [0.29, 0.717) is 0 Å². The zero-order valence-electron chi connectivity index (χ0n) is 14.5. The van der Waals surface area contributed by atoms with Crippen molar-refractivity contribution in [1.82, 2.24) is 0 Å². The maximum Gasteiger partial charge on any atom is 0.0115 e. The molecule has 126 valence electrons. The van der Waals surface area contributed by atoms with Crippen LogP contribution in [0.5, 0.6) is 0 Å². The highest BCUT2D eigenvalue weighted by Gasteiger charge is 2.39. The molecule has 0 saturated heterocycles. The monoisotopic (exact) mass is 534 g/mol. The fraction of sp³-hybridized carbons (Fsp3) is 0.333. The van der Waals surface area contributed by atoms with E-state index in [1.54, 1.807) is 0 Å². The van der Waals surface area contributed by atoms with E-state index in [1.165, 1.54) is 11.1 Å². The molecule has 0 spiro atoms. The van der Waals surface area contributed by atoms with Gasteiger partial charge in [0, 0.05) is 10.8 Å². The molecule has 23 heavy (non-hydrogen) atoms. The topological polar surface area (TPSA) is 0 Å². The van der Waals surface area contributed by atoms with Gasteiger partial charge in [0.05, 0.1) is 0 Å². The van der Waals surface area contributed by atoms with Gasteiger partial charge < -0.3 is 0 Å². The van der Waals surface area contributed by atoms with Gasteiger partial charge in [-0.05, 0) is 17.5 Å². The minimum atomic E-state index is 0. The molecule has 0 amide bonds. The summed E-state index contributed by atoms with van der Waals surface area (Å²) >= 11 is 0. The molecule has 0 aromatic heterocycles. The van der Waals surface area contributed by atoms with Gasteiger partial charge in [-0.15, -0.1) is 48.0 Å². The number of benzene rings is 2. The Balaban J connectivity index is 0.00000117. The van der Waals surface area contributed by atoms with E-state index < -0.39 is 0 Å². The highest BCUT2D eigenvalue weighted by Crippen LogP contribution is 2.46. The van der Waals surface area contributed by atoms with Gasteiger partial charge >= 0.3 is 0 Å². The smallest absolute Gasteiger partial charge is 0.0115 e. The summed E-state index contributed by atoms with van der Waals surface area (Å²) in [6.07, 6.45) is 5.90. The quantitative estimate of drug-likeness (QED) is 0.284. The summed E-state index contributed by atoms with van der Waals surface area (Å²) in [7, 11) is 0. The van der Waals surface area contributed by atoms with Crippen LogP contribution in [0, 0.1) is 0 Å². The van der Waals surface area contributed by atoms with Crippen molar-refractivity contribution >= 4 is 48.0 Å². The van der Waals surface area contributed by atoms with Crippen LogP contribution in [0.25, 0.3) is 0 Å². The largest absolute Gasteiger partial charge is 0.107 e. The Bertz CT molecular complexity index is 538. The molecular formula is C21H28I2. The Morgan fingerprint density at radius 1 is 0.609 bits per heavy atom. The van der Waals surface area contributed by atoms with E-state index in [9.17, 15) is 0 Å². The summed E-state index contributed by atoms with van der Waals surface area (Å²) in [6.45, 7) is 8.68. The van der Waals surface area contributed by atoms with Crippen LogP contribution in [0.1, 0.15) is 45.2 Å². The number of allylic oxidation sites excluding steroid dienone is 2.